The average Bonchev–Trinajstić information content (AvgIpc) is 1.99. The summed E-state index contributed by atoms with van der Waals surface area (Å²) in [6.07, 6.45) is 1.93. The molecule has 0 rings (SSSR count). The maximum atomic E-state index is 9.70. The van der Waals surface area contributed by atoms with Crippen molar-refractivity contribution in [3.05, 3.63) is 0 Å². The maximum Gasteiger partial charge on any atom is 0.0630 e. The molecule has 0 spiro atoms. The van der Waals surface area contributed by atoms with Crippen LogP contribution in [0.1, 0.15) is 47.5 Å². The van der Waals surface area contributed by atoms with Crippen molar-refractivity contribution >= 4 is 11.8 Å². The van der Waals surface area contributed by atoms with Gasteiger partial charge in [0.2, 0.25) is 0 Å². The van der Waals surface area contributed by atoms with E-state index in [0.29, 0.717) is 5.41 Å². The van der Waals surface area contributed by atoms with Gasteiger partial charge in [0.25, 0.3) is 0 Å². The fraction of sp³-hybridized carbons (Fsp3) is 1.00. The smallest absolute Gasteiger partial charge is 0.0630 e. The third-order valence-corrected chi connectivity index (χ3v) is 3.51. The lowest BCUT2D eigenvalue weighted by Gasteiger charge is -2.20. The normalized spacial score (nSPS) is 14.8. The van der Waals surface area contributed by atoms with Gasteiger partial charge in [-0.15, -0.1) is 0 Å². The molecule has 1 nitrogen and oxygen atoms in total. The first-order valence-corrected chi connectivity index (χ1v) is 6.72. The van der Waals surface area contributed by atoms with Crippen LogP contribution in [0.2, 0.25) is 0 Å². The van der Waals surface area contributed by atoms with Crippen LogP contribution >= 0.6 is 11.8 Å². The van der Waals surface area contributed by atoms with Crippen LogP contribution in [0.5, 0.6) is 0 Å². The van der Waals surface area contributed by atoms with Crippen molar-refractivity contribution in [2.24, 2.45) is 11.3 Å². The van der Waals surface area contributed by atoms with Crippen molar-refractivity contribution in [3.8, 4) is 0 Å². The molecule has 0 saturated heterocycles. The van der Waals surface area contributed by atoms with Gasteiger partial charge in [-0.05, 0) is 29.9 Å². The summed E-state index contributed by atoms with van der Waals surface area (Å²) in [5.41, 5.74) is 0.351. The second kappa shape index (κ2) is 6.73. The van der Waals surface area contributed by atoms with Crippen molar-refractivity contribution in [2.45, 2.75) is 53.6 Å². The zero-order valence-electron chi connectivity index (χ0n) is 10.3. The van der Waals surface area contributed by atoms with E-state index < -0.39 is 0 Å². The second-order valence-electron chi connectivity index (χ2n) is 5.68. The molecule has 0 amide bonds. The Kier molecular flexibility index (Phi) is 6.88. The van der Waals surface area contributed by atoms with E-state index in [1.54, 1.807) is 0 Å². The number of rotatable bonds is 6. The molecule has 0 bridgehead atoms. The molecule has 0 aromatic carbocycles. The van der Waals surface area contributed by atoms with Gasteiger partial charge in [-0.1, -0.05) is 34.6 Å². The molecule has 0 aliphatic carbocycles. The number of hydrogen-bond donors (Lipinski definition) is 1. The van der Waals surface area contributed by atoms with Gasteiger partial charge in [0.1, 0.15) is 0 Å². The summed E-state index contributed by atoms with van der Waals surface area (Å²) in [7, 11) is 0. The van der Waals surface area contributed by atoms with Crippen LogP contribution in [-0.2, 0) is 0 Å². The number of thioether (sulfide) groups is 1. The lowest BCUT2D eigenvalue weighted by atomic mass is 9.89. The monoisotopic (exact) mass is 218 g/mol. The minimum absolute atomic E-state index is 0.113. The van der Waals surface area contributed by atoms with Crippen molar-refractivity contribution < 1.29 is 5.11 Å². The van der Waals surface area contributed by atoms with Crippen molar-refractivity contribution in [1.29, 1.82) is 0 Å². The fourth-order valence-electron chi connectivity index (χ4n) is 1.12. The highest BCUT2D eigenvalue weighted by molar-refractivity contribution is 7.99. The molecule has 1 N–H and O–H groups in total. The summed E-state index contributed by atoms with van der Waals surface area (Å²) < 4.78 is 0. The molecule has 0 aliphatic rings. The first kappa shape index (κ1) is 14.3. The third kappa shape index (κ3) is 10.4. The number of aliphatic hydroxyl groups is 1. The minimum atomic E-state index is -0.113. The van der Waals surface area contributed by atoms with Gasteiger partial charge in [-0.2, -0.15) is 11.8 Å². The van der Waals surface area contributed by atoms with Gasteiger partial charge >= 0.3 is 0 Å². The quantitative estimate of drug-likeness (QED) is 0.735. The van der Waals surface area contributed by atoms with Gasteiger partial charge in [-0.25, -0.2) is 0 Å². The summed E-state index contributed by atoms with van der Waals surface area (Å²) in [6, 6.07) is 0. The van der Waals surface area contributed by atoms with Crippen LogP contribution < -0.4 is 0 Å². The van der Waals surface area contributed by atoms with Gasteiger partial charge in [0.05, 0.1) is 6.10 Å². The first-order valence-electron chi connectivity index (χ1n) is 5.57. The molecule has 0 aliphatic heterocycles. The molecule has 14 heavy (non-hydrogen) atoms. The molecule has 0 saturated carbocycles. The van der Waals surface area contributed by atoms with Crippen molar-refractivity contribution in [1.82, 2.24) is 0 Å². The third-order valence-electron chi connectivity index (χ3n) is 1.99. The Morgan fingerprint density at radius 2 is 1.71 bits per heavy atom. The molecule has 1 atom stereocenters. The first-order chi connectivity index (χ1) is 6.31. The summed E-state index contributed by atoms with van der Waals surface area (Å²) in [6.45, 7) is 11.1. The zero-order valence-corrected chi connectivity index (χ0v) is 11.2. The highest BCUT2D eigenvalue weighted by Crippen LogP contribution is 2.22. The van der Waals surface area contributed by atoms with Crippen LogP contribution in [-0.4, -0.2) is 22.7 Å². The molecule has 0 radical (unpaired) electrons. The molecule has 0 aromatic heterocycles. The van der Waals surface area contributed by atoms with Crippen LogP contribution in [0.15, 0.2) is 0 Å². The molecule has 0 aromatic rings. The Hall–Kier alpha value is 0.310. The Morgan fingerprint density at radius 1 is 1.14 bits per heavy atom. The Morgan fingerprint density at radius 3 is 2.14 bits per heavy atom. The van der Waals surface area contributed by atoms with Gasteiger partial charge in [0, 0.05) is 5.75 Å². The Bertz CT molecular complexity index is 138. The Labute approximate surface area is 93.7 Å². The van der Waals surface area contributed by atoms with Crippen LogP contribution in [0, 0.1) is 11.3 Å². The standard InChI is InChI=1S/C12H26OS/c1-10(2)8-14-9-11(13)6-7-12(3,4)5/h10-11,13H,6-9H2,1-5H3. The molecule has 2 heteroatoms. The second-order valence-corrected chi connectivity index (χ2v) is 6.76. The average molecular weight is 218 g/mol. The molecular formula is C12H26OS. The SMILES string of the molecule is CC(C)CSCC(O)CCC(C)(C)C. The van der Waals surface area contributed by atoms with Gasteiger partial charge in [0.15, 0.2) is 0 Å². The summed E-state index contributed by atoms with van der Waals surface area (Å²) in [4.78, 5) is 0. The lowest BCUT2D eigenvalue weighted by molar-refractivity contribution is 0.167. The predicted octanol–water partition coefficient (Wildman–Crippen LogP) is 3.56. The van der Waals surface area contributed by atoms with E-state index in [1.807, 2.05) is 11.8 Å². The summed E-state index contributed by atoms with van der Waals surface area (Å²) in [5.74, 6) is 2.79. The molecular weight excluding hydrogens is 192 g/mol. The number of aliphatic hydroxyl groups excluding tert-OH is 1. The van der Waals surface area contributed by atoms with E-state index in [-0.39, 0.29) is 6.10 Å². The molecule has 0 fully saturated rings. The molecule has 1 unspecified atom stereocenters. The summed E-state index contributed by atoms with van der Waals surface area (Å²) in [5, 5.41) is 9.70. The zero-order chi connectivity index (χ0) is 11.2. The van der Waals surface area contributed by atoms with E-state index >= 15 is 0 Å². The Balaban J connectivity index is 3.42. The van der Waals surface area contributed by atoms with Gasteiger partial charge in [-0.3, -0.25) is 0 Å². The molecule has 86 valence electrons. The highest BCUT2D eigenvalue weighted by atomic mass is 32.2. The fourth-order valence-corrected chi connectivity index (χ4v) is 2.17. The van der Waals surface area contributed by atoms with Crippen molar-refractivity contribution in [3.63, 3.8) is 0 Å². The lowest BCUT2D eigenvalue weighted by Crippen LogP contribution is -2.15. The highest BCUT2D eigenvalue weighted by Gasteiger charge is 2.13. The number of hydrogen-bond acceptors (Lipinski definition) is 2. The van der Waals surface area contributed by atoms with Crippen LogP contribution in [0.4, 0.5) is 0 Å². The topological polar surface area (TPSA) is 20.2 Å². The minimum Gasteiger partial charge on any atom is -0.392 e. The maximum absolute atomic E-state index is 9.70. The van der Waals surface area contributed by atoms with E-state index in [4.69, 9.17) is 0 Å². The van der Waals surface area contributed by atoms with Crippen LogP contribution in [0.25, 0.3) is 0 Å². The van der Waals surface area contributed by atoms with E-state index in [2.05, 4.69) is 34.6 Å². The van der Waals surface area contributed by atoms with E-state index in [9.17, 15) is 5.11 Å². The van der Waals surface area contributed by atoms with Crippen LogP contribution in [0.3, 0.4) is 0 Å². The summed E-state index contributed by atoms with van der Waals surface area (Å²) >= 11 is 1.87. The van der Waals surface area contributed by atoms with Crippen molar-refractivity contribution in [2.75, 3.05) is 11.5 Å². The van der Waals surface area contributed by atoms with E-state index in [1.165, 1.54) is 0 Å². The molecule has 0 heterocycles. The van der Waals surface area contributed by atoms with Gasteiger partial charge < -0.3 is 5.11 Å². The predicted molar refractivity (Wildman–Crippen MR) is 66.9 cm³/mol. The van der Waals surface area contributed by atoms with E-state index in [0.717, 1.165) is 30.3 Å². The largest absolute Gasteiger partial charge is 0.392 e.